The average Bonchev–Trinajstić information content (AvgIpc) is 3.01. The minimum atomic E-state index is -0.413. The van der Waals surface area contributed by atoms with Gasteiger partial charge in [-0.25, -0.2) is 9.37 Å². The average molecular weight is 372 g/mol. The first-order valence-electron chi connectivity index (χ1n) is 7.41. The van der Waals surface area contributed by atoms with E-state index in [9.17, 15) is 9.18 Å². The van der Waals surface area contributed by atoms with Gasteiger partial charge >= 0.3 is 0 Å². The molecular formula is C16H19ClFN3O2S. The molecular weight excluding hydrogens is 353 g/mol. The lowest BCUT2D eigenvalue weighted by Gasteiger charge is -2.22. The van der Waals surface area contributed by atoms with Crippen LogP contribution in [0.25, 0.3) is 0 Å². The van der Waals surface area contributed by atoms with Crippen LogP contribution < -0.4 is 5.73 Å². The molecule has 0 unspecified atom stereocenters. The third-order valence-electron chi connectivity index (χ3n) is 3.36. The number of hydrogen-bond acceptors (Lipinski definition) is 5. The Balaban J connectivity index is 2.18. The van der Waals surface area contributed by atoms with E-state index in [-0.39, 0.29) is 17.5 Å². The molecule has 0 spiro atoms. The predicted molar refractivity (Wildman–Crippen MR) is 92.9 cm³/mol. The number of hydrogen-bond donors (Lipinski definition) is 1. The highest BCUT2D eigenvalue weighted by molar-refractivity contribution is 7.09. The summed E-state index contributed by atoms with van der Waals surface area (Å²) in [6.45, 7) is 1.50. The number of nitrogens with zero attached hydrogens (tertiary/aromatic N) is 2. The van der Waals surface area contributed by atoms with Gasteiger partial charge in [0, 0.05) is 37.0 Å². The Morgan fingerprint density at radius 1 is 1.50 bits per heavy atom. The highest BCUT2D eigenvalue weighted by atomic mass is 35.5. The van der Waals surface area contributed by atoms with Crippen molar-refractivity contribution in [3.8, 4) is 0 Å². The van der Waals surface area contributed by atoms with Crippen LogP contribution in [0.1, 0.15) is 21.1 Å². The zero-order chi connectivity index (χ0) is 17.5. The second kappa shape index (κ2) is 9.08. The Labute approximate surface area is 149 Å². The van der Waals surface area contributed by atoms with Crippen LogP contribution in [0.4, 0.5) is 4.39 Å². The van der Waals surface area contributed by atoms with E-state index in [2.05, 4.69) is 4.98 Å². The van der Waals surface area contributed by atoms with Crippen molar-refractivity contribution >= 4 is 28.8 Å². The summed E-state index contributed by atoms with van der Waals surface area (Å²) in [4.78, 5) is 18.6. The van der Waals surface area contributed by atoms with Crippen molar-refractivity contribution in [3.05, 3.63) is 50.7 Å². The van der Waals surface area contributed by atoms with Crippen molar-refractivity contribution in [2.24, 2.45) is 5.73 Å². The van der Waals surface area contributed by atoms with Crippen molar-refractivity contribution in [1.82, 2.24) is 9.88 Å². The lowest BCUT2D eigenvalue weighted by Crippen LogP contribution is -2.33. The summed E-state index contributed by atoms with van der Waals surface area (Å²) in [5.41, 5.74) is 6.55. The molecule has 2 aromatic rings. The van der Waals surface area contributed by atoms with Crippen LogP contribution in [-0.4, -0.2) is 42.6 Å². The number of halogens is 2. The van der Waals surface area contributed by atoms with Crippen LogP contribution in [0.2, 0.25) is 5.02 Å². The van der Waals surface area contributed by atoms with E-state index < -0.39 is 5.82 Å². The lowest BCUT2D eigenvalue weighted by atomic mass is 10.2. The number of rotatable bonds is 8. The fourth-order valence-corrected chi connectivity index (χ4v) is 3.13. The summed E-state index contributed by atoms with van der Waals surface area (Å²) in [7, 11) is 1.57. The number of ether oxygens (including phenoxy) is 1. The van der Waals surface area contributed by atoms with Gasteiger partial charge in [0.25, 0.3) is 5.91 Å². The summed E-state index contributed by atoms with van der Waals surface area (Å²) in [6, 6.07) is 4.13. The number of carbonyl (C=O) groups excluding carboxylic acids is 1. The number of nitrogens with two attached hydrogens (primary N) is 1. The van der Waals surface area contributed by atoms with E-state index in [0.29, 0.717) is 37.4 Å². The third-order valence-corrected chi connectivity index (χ3v) is 4.62. The van der Waals surface area contributed by atoms with E-state index in [1.807, 2.05) is 0 Å². The maximum absolute atomic E-state index is 13.2. The topological polar surface area (TPSA) is 68.5 Å². The first-order valence-corrected chi connectivity index (χ1v) is 8.67. The summed E-state index contributed by atoms with van der Waals surface area (Å²) >= 11 is 7.48. The van der Waals surface area contributed by atoms with Crippen LogP contribution in [0.15, 0.2) is 23.6 Å². The Hall–Kier alpha value is -1.54. The maximum Gasteiger partial charge on any atom is 0.273 e. The zero-order valence-corrected chi connectivity index (χ0v) is 14.9. The van der Waals surface area contributed by atoms with E-state index in [0.717, 1.165) is 5.01 Å². The Kier molecular flexibility index (Phi) is 7.11. The van der Waals surface area contributed by atoms with E-state index in [4.69, 9.17) is 22.1 Å². The molecule has 130 valence electrons. The largest absolute Gasteiger partial charge is 0.383 e. The zero-order valence-electron chi connectivity index (χ0n) is 13.3. The monoisotopic (exact) mass is 371 g/mol. The van der Waals surface area contributed by atoms with Gasteiger partial charge in [-0.2, -0.15) is 0 Å². The predicted octanol–water partition coefficient (Wildman–Crippen LogP) is 2.73. The summed E-state index contributed by atoms with van der Waals surface area (Å²) in [6.07, 6.45) is 0.639. The summed E-state index contributed by atoms with van der Waals surface area (Å²) in [5, 5.41) is 2.83. The van der Waals surface area contributed by atoms with Gasteiger partial charge < -0.3 is 15.4 Å². The molecule has 0 bridgehead atoms. The summed E-state index contributed by atoms with van der Waals surface area (Å²) < 4.78 is 18.3. The molecule has 2 rings (SSSR count). The second-order valence-electron chi connectivity index (χ2n) is 5.12. The van der Waals surface area contributed by atoms with Gasteiger partial charge in [0.05, 0.1) is 11.6 Å². The first-order chi connectivity index (χ1) is 11.5. The first kappa shape index (κ1) is 18.8. The molecule has 0 atom stereocenters. The molecule has 0 aliphatic rings. The van der Waals surface area contributed by atoms with Crippen molar-refractivity contribution < 1.29 is 13.9 Å². The molecule has 24 heavy (non-hydrogen) atoms. The third kappa shape index (κ3) is 4.98. The fraction of sp³-hybridized carbons (Fsp3) is 0.375. The van der Waals surface area contributed by atoms with Crippen molar-refractivity contribution in [1.29, 1.82) is 0 Å². The van der Waals surface area contributed by atoms with E-state index in [1.165, 1.54) is 23.5 Å². The fourth-order valence-electron chi connectivity index (χ4n) is 2.12. The van der Waals surface area contributed by atoms with E-state index >= 15 is 0 Å². The molecule has 5 nitrogen and oxygen atoms in total. The van der Waals surface area contributed by atoms with Gasteiger partial charge in [-0.05, 0) is 24.2 Å². The van der Waals surface area contributed by atoms with Crippen molar-refractivity contribution in [2.45, 2.75) is 13.0 Å². The Morgan fingerprint density at radius 2 is 2.29 bits per heavy atom. The number of amides is 1. The minimum absolute atomic E-state index is 0.216. The van der Waals surface area contributed by atoms with Gasteiger partial charge in [-0.15, -0.1) is 11.3 Å². The van der Waals surface area contributed by atoms with Gasteiger partial charge in [0.15, 0.2) is 0 Å². The van der Waals surface area contributed by atoms with Crippen molar-refractivity contribution in [2.75, 3.05) is 26.8 Å². The molecule has 0 aliphatic heterocycles. The number of benzene rings is 1. The molecule has 0 fully saturated rings. The second-order valence-corrected chi connectivity index (χ2v) is 6.47. The Morgan fingerprint density at radius 3 is 2.96 bits per heavy atom. The van der Waals surface area contributed by atoms with Gasteiger partial charge in [0.1, 0.15) is 11.5 Å². The normalized spacial score (nSPS) is 10.8. The molecule has 2 N–H and O–H groups in total. The van der Waals surface area contributed by atoms with Crippen LogP contribution in [-0.2, 0) is 17.7 Å². The minimum Gasteiger partial charge on any atom is -0.383 e. The highest BCUT2D eigenvalue weighted by Crippen LogP contribution is 2.20. The number of methoxy groups -OCH3 is 1. The molecule has 0 saturated heterocycles. The Bertz CT molecular complexity index is 696. The highest BCUT2D eigenvalue weighted by Gasteiger charge is 2.20. The molecule has 8 heteroatoms. The number of thiazole rings is 1. The van der Waals surface area contributed by atoms with E-state index in [1.54, 1.807) is 23.5 Å². The SMILES string of the molecule is COCCN(Cc1ccc(F)cc1Cl)C(=O)c1csc(CCN)n1. The standard InChI is InChI=1S/C16H19ClFN3O2S/c1-23-7-6-21(9-11-2-3-12(18)8-13(11)17)16(22)14-10-24-15(20-14)4-5-19/h2-3,8,10H,4-7,9,19H2,1H3. The van der Waals surface area contributed by atoms with Crippen LogP contribution in [0, 0.1) is 5.82 Å². The quantitative estimate of drug-likeness (QED) is 0.774. The molecule has 0 saturated carbocycles. The van der Waals surface area contributed by atoms with Crippen LogP contribution in [0.5, 0.6) is 0 Å². The van der Waals surface area contributed by atoms with Gasteiger partial charge in [-0.1, -0.05) is 17.7 Å². The van der Waals surface area contributed by atoms with Crippen molar-refractivity contribution in [3.63, 3.8) is 0 Å². The molecule has 1 aromatic heterocycles. The molecule has 0 aliphatic carbocycles. The van der Waals surface area contributed by atoms with Crippen LogP contribution in [0.3, 0.4) is 0 Å². The van der Waals surface area contributed by atoms with Gasteiger partial charge in [0.2, 0.25) is 0 Å². The lowest BCUT2D eigenvalue weighted by molar-refractivity contribution is 0.0675. The van der Waals surface area contributed by atoms with Gasteiger partial charge in [-0.3, -0.25) is 4.79 Å². The molecule has 0 radical (unpaired) electrons. The van der Waals surface area contributed by atoms with Crippen LogP contribution >= 0.6 is 22.9 Å². The molecule has 1 aromatic carbocycles. The number of carbonyl (C=O) groups is 1. The maximum atomic E-state index is 13.2. The summed E-state index contributed by atoms with van der Waals surface area (Å²) in [5.74, 6) is -0.628. The smallest absolute Gasteiger partial charge is 0.273 e. The molecule has 1 heterocycles. The molecule has 1 amide bonds. The number of aromatic nitrogens is 1.